The number of carboxylic acids is 1. The van der Waals surface area contributed by atoms with Crippen molar-refractivity contribution in [3.05, 3.63) is 18.7 Å². The lowest BCUT2D eigenvalue weighted by molar-refractivity contribution is -0.139. The Hall–Kier alpha value is -1.36. The maximum Gasteiger partial charge on any atom is 0.303 e. The molecule has 0 radical (unpaired) electrons. The van der Waals surface area contributed by atoms with Crippen LogP contribution in [0.15, 0.2) is 18.7 Å². The first kappa shape index (κ1) is 10.2. The van der Waals surface area contributed by atoms with E-state index in [1.807, 2.05) is 10.8 Å². The fourth-order valence-corrected chi connectivity index (χ4v) is 1.91. The Bertz CT molecular complexity index is 317. The normalized spacial score (nSPS) is 17.6. The highest BCUT2D eigenvalue weighted by Gasteiger charge is 2.27. The molecule has 1 aliphatic rings. The highest BCUT2D eigenvalue weighted by atomic mass is 16.4. The summed E-state index contributed by atoms with van der Waals surface area (Å²) in [4.78, 5) is 16.7. The number of carbonyl (C=O) groups is 1. The van der Waals surface area contributed by atoms with Crippen LogP contribution >= 0.6 is 0 Å². The third-order valence-electron chi connectivity index (χ3n) is 2.73. The van der Waals surface area contributed by atoms with Crippen LogP contribution in [0.2, 0.25) is 0 Å². The van der Waals surface area contributed by atoms with Crippen molar-refractivity contribution in [2.24, 2.45) is 5.92 Å². The fraction of sp³-hybridized carbons (Fsp3) is 0.600. The Labute approximate surface area is 88.3 Å². The van der Waals surface area contributed by atoms with Crippen LogP contribution in [0.25, 0.3) is 0 Å². The zero-order valence-corrected chi connectivity index (χ0v) is 8.54. The minimum Gasteiger partial charge on any atom is -0.481 e. The van der Waals surface area contributed by atoms with Crippen LogP contribution in [0.5, 0.6) is 0 Å². The molecule has 0 unspecified atom stereocenters. The van der Waals surface area contributed by atoms with Crippen molar-refractivity contribution in [1.82, 2.24) is 14.5 Å². The van der Waals surface area contributed by atoms with Gasteiger partial charge in [0.15, 0.2) is 0 Å². The Morgan fingerprint density at radius 1 is 1.47 bits per heavy atom. The number of carboxylic acid groups (broad SMARTS) is 1. The van der Waals surface area contributed by atoms with Gasteiger partial charge in [0.1, 0.15) is 0 Å². The number of hydrogen-bond acceptors (Lipinski definition) is 3. The third kappa shape index (κ3) is 2.79. The van der Waals surface area contributed by atoms with Crippen molar-refractivity contribution >= 4 is 5.97 Å². The second kappa shape index (κ2) is 4.44. The van der Waals surface area contributed by atoms with E-state index < -0.39 is 5.97 Å². The molecule has 1 fully saturated rings. The van der Waals surface area contributed by atoms with Crippen molar-refractivity contribution < 1.29 is 9.90 Å². The predicted octanol–water partition coefficient (Wildman–Crippen LogP) is 0.290. The van der Waals surface area contributed by atoms with E-state index >= 15 is 0 Å². The second-order valence-electron chi connectivity index (χ2n) is 4.02. The number of aromatic nitrogens is 2. The molecule has 0 aliphatic carbocycles. The van der Waals surface area contributed by atoms with Crippen LogP contribution in [-0.4, -0.2) is 45.2 Å². The Morgan fingerprint density at radius 3 is 2.87 bits per heavy atom. The number of hydrogen-bond donors (Lipinski definition) is 1. The minimum absolute atomic E-state index is 0.307. The maximum absolute atomic E-state index is 10.4. The number of imidazole rings is 1. The maximum atomic E-state index is 10.4. The van der Waals surface area contributed by atoms with Crippen LogP contribution in [0.4, 0.5) is 0 Å². The zero-order chi connectivity index (χ0) is 10.7. The molecular weight excluding hydrogens is 194 g/mol. The van der Waals surface area contributed by atoms with E-state index in [0.29, 0.717) is 12.3 Å². The lowest BCUT2D eigenvalue weighted by Crippen LogP contribution is -2.48. The molecule has 1 N–H and O–H groups in total. The molecular formula is C10H15N3O2. The number of aliphatic carboxylic acids is 1. The second-order valence-corrected chi connectivity index (χ2v) is 4.02. The van der Waals surface area contributed by atoms with Crippen LogP contribution in [0.3, 0.4) is 0 Å². The molecule has 5 nitrogen and oxygen atoms in total. The van der Waals surface area contributed by atoms with Crippen LogP contribution in [0.1, 0.15) is 6.42 Å². The summed E-state index contributed by atoms with van der Waals surface area (Å²) < 4.78 is 2.03. The highest BCUT2D eigenvalue weighted by Crippen LogP contribution is 2.18. The summed E-state index contributed by atoms with van der Waals surface area (Å²) in [6, 6.07) is 0. The molecule has 5 heteroatoms. The molecule has 0 spiro atoms. The van der Waals surface area contributed by atoms with Gasteiger partial charge in [0.05, 0.1) is 12.7 Å². The van der Waals surface area contributed by atoms with Crippen LogP contribution < -0.4 is 0 Å². The quantitative estimate of drug-likeness (QED) is 0.757. The average molecular weight is 209 g/mol. The largest absolute Gasteiger partial charge is 0.481 e. The van der Waals surface area contributed by atoms with Gasteiger partial charge in [-0.05, 0) is 5.92 Å². The van der Waals surface area contributed by atoms with Crippen molar-refractivity contribution in [2.75, 3.05) is 19.6 Å². The molecule has 0 atom stereocenters. The first-order valence-corrected chi connectivity index (χ1v) is 5.14. The zero-order valence-electron chi connectivity index (χ0n) is 8.54. The Kier molecular flexibility index (Phi) is 3.01. The summed E-state index contributed by atoms with van der Waals surface area (Å²) in [5.74, 6) is -0.334. The molecule has 2 heterocycles. The molecule has 2 rings (SSSR count). The first-order valence-electron chi connectivity index (χ1n) is 5.14. The molecule has 1 aromatic rings. The van der Waals surface area contributed by atoms with Gasteiger partial charge in [0.25, 0.3) is 0 Å². The standard InChI is InChI=1S/C10H15N3O2/c14-10(15)5-9-6-13(7-9)4-3-12-2-1-11-8-12/h1-2,8-9H,3-7H2,(H,14,15). The summed E-state index contributed by atoms with van der Waals surface area (Å²) in [7, 11) is 0. The van der Waals surface area contributed by atoms with E-state index in [9.17, 15) is 4.79 Å². The Morgan fingerprint density at radius 2 is 2.27 bits per heavy atom. The SMILES string of the molecule is O=C(O)CC1CN(CCn2ccnc2)C1. The third-order valence-corrected chi connectivity index (χ3v) is 2.73. The van der Waals surface area contributed by atoms with Gasteiger partial charge in [-0.2, -0.15) is 0 Å². The molecule has 1 saturated heterocycles. The van der Waals surface area contributed by atoms with Gasteiger partial charge >= 0.3 is 5.97 Å². The number of nitrogens with zero attached hydrogens (tertiary/aromatic N) is 3. The Balaban J connectivity index is 1.62. The van der Waals surface area contributed by atoms with Crippen LogP contribution in [-0.2, 0) is 11.3 Å². The molecule has 0 bridgehead atoms. The fourth-order valence-electron chi connectivity index (χ4n) is 1.91. The molecule has 82 valence electrons. The topological polar surface area (TPSA) is 58.4 Å². The van der Waals surface area contributed by atoms with E-state index in [1.165, 1.54) is 0 Å². The van der Waals surface area contributed by atoms with Crippen molar-refractivity contribution in [2.45, 2.75) is 13.0 Å². The number of rotatable bonds is 5. The monoisotopic (exact) mass is 209 g/mol. The first-order chi connectivity index (χ1) is 7.24. The van der Waals surface area contributed by atoms with Gasteiger partial charge in [0.2, 0.25) is 0 Å². The summed E-state index contributed by atoms with van der Waals surface area (Å²) >= 11 is 0. The molecule has 0 saturated carbocycles. The van der Waals surface area contributed by atoms with Crippen molar-refractivity contribution in [3.63, 3.8) is 0 Å². The summed E-state index contributed by atoms with van der Waals surface area (Å²) in [6.07, 6.45) is 5.81. The molecule has 0 aromatic carbocycles. The minimum atomic E-state index is -0.686. The van der Waals surface area contributed by atoms with Gasteiger partial charge < -0.3 is 14.6 Å². The molecule has 0 amide bonds. The highest BCUT2D eigenvalue weighted by molar-refractivity contribution is 5.67. The van der Waals surface area contributed by atoms with E-state index in [1.54, 1.807) is 12.5 Å². The van der Waals surface area contributed by atoms with E-state index in [2.05, 4.69) is 9.88 Å². The predicted molar refractivity (Wildman–Crippen MR) is 54.4 cm³/mol. The van der Waals surface area contributed by atoms with Gasteiger partial charge in [0, 0.05) is 38.6 Å². The smallest absolute Gasteiger partial charge is 0.303 e. The molecule has 1 aromatic heterocycles. The molecule has 1 aliphatic heterocycles. The van der Waals surface area contributed by atoms with Crippen LogP contribution in [0, 0.1) is 5.92 Å². The number of likely N-dealkylation sites (tertiary alicyclic amines) is 1. The molecule has 15 heavy (non-hydrogen) atoms. The van der Waals surface area contributed by atoms with Gasteiger partial charge in [-0.25, -0.2) is 4.98 Å². The lowest BCUT2D eigenvalue weighted by Gasteiger charge is -2.38. The summed E-state index contributed by atoms with van der Waals surface area (Å²) in [6.45, 7) is 3.74. The van der Waals surface area contributed by atoms with E-state index in [4.69, 9.17) is 5.11 Å². The summed E-state index contributed by atoms with van der Waals surface area (Å²) in [5.41, 5.74) is 0. The van der Waals surface area contributed by atoms with Gasteiger partial charge in [-0.1, -0.05) is 0 Å². The summed E-state index contributed by atoms with van der Waals surface area (Å²) in [5, 5.41) is 8.58. The van der Waals surface area contributed by atoms with E-state index in [-0.39, 0.29) is 0 Å². The lowest BCUT2D eigenvalue weighted by atomic mass is 9.97. The van der Waals surface area contributed by atoms with Gasteiger partial charge in [-0.15, -0.1) is 0 Å². The van der Waals surface area contributed by atoms with Crippen molar-refractivity contribution in [3.8, 4) is 0 Å². The van der Waals surface area contributed by atoms with Crippen molar-refractivity contribution in [1.29, 1.82) is 0 Å². The average Bonchev–Trinajstić information content (AvgIpc) is 2.60. The van der Waals surface area contributed by atoms with E-state index in [0.717, 1.165) is 26.2 Å². The van der Waals surface area contributed by atoms with Gasteiger partial charge in [-0.3, -0.25) is 4.79 Å².